The second-order valence-electron chi connectivity index (χ2n) is 6.29. The van der Waals surface area contributed by atoms with Crippen LogP contribution in [-0.4, -0.2) is 41.0 Å². The molecule has 0 spiro atoms. The number of methoxy groups -OCH3 is 1. The van der Waals surface area contributed by atoms with Crippen LogP contribution >= 0.6 is 0 Å². The number of hydrogen-bond acceptors (Lipinski definition) is 5. The summed E-state index contributed by atoms with van der Waals surface area (Å²) in [4.78, 5) is 4.70. The Kier molecular flexibility index (Phi) is 4.28. The van der Waals surface area contributed by atoms with E-state index in [2.05, 4.69) is 10.4 Å². The third-order valence-corrected chi connectivity index (χ3v) is 4.53. The van der Waals surface area contributed by atoms with Gasteiger partial charge in [0.2, 0.25) is 0 Å². The Morgan fingerprint density at radius 1 is 1.32 bits per heavy atom. The van der Waals surface area contributed by atoms with Crippen molar-refractivity contribution in [2.24, 2.45) is 0 Å². The Balaban J connectivity index is 1.73. The first-order valence-corrected chi connectivity index (χ1v) is 8.60. The van der Waals surface area contributed by atoms with Crippen LogP contribution < -0.4 is 10.1 Å². The second-order valence-corrected chi connectivity index (χ2v) is 6.29. The van der Waals surface area contributed by atoms with Crippen LogP contribution in [0.4, 0.5) is 5.82 Å². The highest BCUT2D eigenvalue weighted by Gasteiger charge is 2.18. The fraction of sp³-hybridized carbons (Fsp3) is 0.368. The van der Waals surface area contributed by atoms with Gasteiger partial charge in [0.15, 0.2) is 5.65 Å². The van der Waals surface area contributed by atoms with Crippen LogP contribution in [0.2, 0.25) is 0 Å². The first-order valence-electron chi connectivity index (χ1n) is 8.60. The Bertz CT molecular complexity index is 884. The topological polar surface area (TPSA) is 60.7 Å². The largest absolute Gasteiger partial charge is 0.496 e. The molecule has 2 aromatic heterocycles. The van der Waals surface area contributed by atoms with Gasteiger partial charge in [-0.25, -0.2) is 4.98 Å². The quantitative estimate of drug-likeness (QED) is 0.773. The van der Waals surface area contributed by atoms with Gasteiger partial charge in [0.05, 0.1) is 25.0 Å². The number of benzene rings is 1. The van der Waals surface area contributed by atoms with Crippen molar-refractivity contribution >= 4 is 11.5 Å². The third-order valence-electron chi connectivity index (χ3n) is 4.53. The van der Waals surface area contributed by atoms with E-state index in [4.69, 9.17) is 14.5 Å². The summed E-state index contributed by atoms with van der Waals surface area (Å²) in [5.74, 6) is 1.74. The molecule has 1 fully saturated rings. The number of para-hydroxylation sites is 1. The maximum Gasteiger partial charge on any atom is 0.165 e. The summed E-state index contributed by atoms with van der Waals surface area (Å²) in [6, 6.07) is 9.94. The fourth-order valence-electron chi connectivity index (χ4n) is 3.29. The predicted octanol–water partition coefficient (Wildman–Crippen LogP) is 3.30. The number of hydrogen-bond donors (Lipinski definition) is 1. The van der Waals surface area contributed by atoms with E-state index in [-0.39, 0.29) is 6.10 Å². The molecule has 0 saturated carbocycles. The number of aromatic nitrogens is 3. The molecular formula is C19H22N4O2. The molecule has 130 valence electrons. The summed E-state index contributed by atoms with van der Waals surface area (Å²) in [5, 5.41) is 8.02. The Morgan fingerprint density at radius 2 is 2.20 bits per heavy atom. The Labute approximate surface area is 146 Å². The average Bonchev–Trinajstić information content (AvgIpc) is 3.29. The molecule has 1 aliphatic rings. The summed E-state index contributed by atoms with van der Waals surface area (Å²) >= 11 is 0. The van der Waals surface area contributed by atoms with Crippen molar-refractivity contribution in [3.05, 3.63) is 42.2 Å². The lowest BCUT2D eigenvalue weighted by Crippen LogP contribution is -2.20. The number of rotatable bonds is 5. The molecular weight excluding hydrogens is 316 g/mol. The third kappa shape index (κ3) is 3.05. The monoisotopic (exact) mass is 338 g/mol. The summed E-state index contributed by atoms with van der Waals surface area (Å²) in [6.45, 7) is 3.63. The van der Waals surface area contributed by atoms with Crippen LogP contribution in [0.15, 0.2) is 36.5 Å². The number of nitrogens with zero attached hydrogens (tertiary/aromatic N) is 3. The van der Waals surface area contributed by atoms with Gasteiger partial charge in [-0.1, -0.05) is 18.2 Å². The highest BCUT2D eigenvalue weighted by Crippen LogP contribution is 2.32. The van der Waals surface area contributed by atoms with Gasteiger partial charge in [-0.15, -0.1) is 0 Å². The summed E-state index contributed by atoms with van der Waals surface area (Å²) < 4.78 is 13.0. The lowest BCUT2D eigenvalue weighted by molar-refractivity contribution is 0.120. The lowest BCUT2D eigenvalue weighted by atomic mass is 10.1. The van der Waals surface area contributed by atoms with Crippen molar-refractivity contribution in [2.45, 2.75) is 25.9 Å². The standard InChI is InChI=1S/C19H22N4O2/c1-13-10-18(20-11-14-6-5-9-25-14)23-19(22-13)16(12-21-23)15-7-3-4-8-17(15)24-2/h3-4,7-8,10,12,14,20H,5-6,9,11H2,1-2H3/t14-/m1/s1. The summed E-state index contributed by atoms with van der Waals surface area (Å²) in [6.07, 6.45) is 4.35. The van der Waals surface area contributed by atoms with Gasteiger partial charge in [-0.2, -0.15) is 9.61 Å². The van der Waals surface area contributed by atoms with E-state index in [1.165, 1.54) is 0 Å². The fourth-order valence-corrected chi connectivity index (χ4v) is 3.29. The zero-order valence-corrected chi connectivity index (χ0v) is 14.5. The van der Waals surface area contributed by atoms with Gasteiger partial charge in [-0.05, 0) is 25.8 Å². The zero-order chi connectivity index (χ0) is 17.2. The van der Waals surface area contributed by atoms with E-state index in [0.717, 1.165) is 60.0 Å². The maximum atomic E-state index is 5.70. The smallest absolute Gasteiger partial charge is 0.165 e. The van der Waals surface area contributed by atoms with Gasteiger partial charge in [0.25, 0.3) is 0 Å². The van der Waals surface area contributed by atoms with Crippen molar-refractivity contribution in [3.63, 3.8) is 0 Å². The molecule has 3 heterocycles. The minimum atomic E-state index is 0.271. The van der Waals surface area contributed by atoms with Gasteiger partial charge >= 0.3 is 0 Å². The predicted molar refractivity (Wildman–Crippen MR) is 97.2 cm³/mol. The van der Waals surface area contributed by atoms with E-state index in [0.29, 0.717) is 0 Å². The van der Waals surface area contributed by atoms with Crippen LogP contribution in [0.1, 0.15) is 18.5 Å². The normalized spacial score (nSPS) is 17.1. The first-order chi connectivity index (χ1) is 12.3. The maximum absolute atomic E-state index is 5.70. The highest BCUT2D eigenvalue weighted by molar-refractivity contribution is 5.82. The number of anilines is 1. The van der Waals surface area contributed by atoms with E-state index in [1.807, 2.05) is 48.0 Å². The second kappa shape index (κ2) is 6.72. The molecule has 1 aliphatic heterocycles. The molecule has 0 amide bonds. The van der Waals surface area contributed by atoms with Gasteiger partial charge in [0.1, 0.15) is 11.6 Å². The molecule has 0 bridgehead atoms. The van der Waals surface area contributed by atoms with Crippen molar-refractivity contribution < 1.29 is 9.47 Å². The molecule has 0 aliphatic carbocycles. The van der Waals surface area contributed by atoms with E-state index in [1.54, 1.807) is 7.11 Å². The summed E-state index contributed by atoms with van der Waals surface area (Å²) in [5.41, 5.74) is 3.71. The number of nitrogens with one attached hydrogen (secondary N) is 1. The van der Waals surface area contributed by atoms with E-state index >= 15 is 0 Å². The van der Waals surface area contributed by atoms with Crippen LogP contribution in [0, 0.1) is 6.92 Å². The number of ether oxygens (including phenoxy) is 2. The van der Waals surface area contributed by atoms with Crippen molar-refractivity contribution in [1.29, 1.82) is 0 Å². The number of fused-ring (bicyclic) bond motifs is 1. The molecule has 1 atom stereocenters. The molecule has 4 rings (SSSR count). The van der Waals surface area contributed by atoms with Gasteiger partial charge < -0.3 is 14.8 Å². The van der Waals surface area contributed by atoms with Crippen molar-refractivity contribution in [2.75, 3.05) is 25.6 Å². The molecule has 1 N–H and O–H groups in total. The molecule has 25 heavy (non-hydrogen) atoms. The van der Waals surface area contributed by atoms with Crippen molar-refractivity contribution in [3.8, 4) is 16.9 Å². The molecule has 6 nitrogen and oxygen atoms in total. The molecule has 1 saturated heterocycles. The average molecular weight is 338 g/mol. The van der Waals surface area contributed by atoms with Crippen LogP contribution in [0.25, 0.3) is 16.8 Å². The van der Waals surface area contributed by atoms with Crippen molar-refractivity contribution in [1.82, 2.24) is 14.6 Å². The molecule has 6 heteroatoms. The van der Waals surface area contributed by atoms with E-state index in [9.17, 15) is 0 Å². The van der Waals surface area contributed by atoms with Gasteiger partial charge in [0, 0.05) is 30.5 Å². The Morgan fingerprint density at radius 3 is 3.00 bits per heavy atom. The van der Waals surface area contributed by atoms with Gasteiger partial charge in [-0.3, -0.25) is 0 Å². The highest BCUT2D eigenvalue weighted by atomic mass is 16.5. The lowest BCUT2D eigenvalue weighted by Gasteiger charge is -2.13. The number of aryl methyl sites for hydroxylation is 1. The van der Waals surface area contributed by atoms with Crippen LogP contribution in [-0.2, 0) is 4.74 Å². The van der Waals surface area contributed by atoms with Crippen LogP contribution in [0.5, 0.6) is 5.75 Å². The Hall–Kier alpha value is -2.60. The molecule has 3 aromatic rings. The van der Waals surface area contributed by atoms with E-state index < -0.39 is 0 Å². The minimum Gasteiger partial charge on any atom is -0.496 e. The molecule has 1 aromatic carbocycles. The first kappa shape index (κ1) is 15.9. The minimum absolute atomic E-state index is 0.271. The molecule has 0 radical (unpaired) electrons. The zero-order valence-electron chi connectivity index (χ0n) is 14.5. The summed E-state index contributed by atoms with van der Waals surface area (Å²) in [7, 11) is 1.68. The molecule has 0 unspecified atom stereocenters. The van der Waals surface area contributed by atoms with Crippen LogP contribution in [0.3, 0.4) is 0 Å². The SMILES string of the molecule is COc1ccccc1-c1cnn2c(NC[C@H]3CCCO3)cc(C)nc12.